The summed E-state index contributed by atoms with van der Waals surface area (Å²) in [5.41, 5.74) is 0.466. The summed E-state index contributed by atoms with van der Waals surface area (Å²) in [4.78, 5) is 27.2. The highest BCUT2D eigenvalue weighted by Gasteiger charge is 2.27. The molecule has 2 amide bonds. The second-order valence-corrected chi connectivity index (χ2v) is 6.70. The average molecular weight is 375 g/mol. The van der Waals surface area contributed by atoms with Crippen LogP contribution in [-0.2, 0) is 14.3 Å². The maximum atomic E-state index is 12.4. The fourth-order valence-corrected chi connectivity index (χ4v) is 2.71. The van der Waals surface area contributed by atoms with Gasteiger partial charge in [0.05, 0.1) is 31.0 Å². The first-order valence-corrected chi connectivity index (χ1v) is 8.58. The van der Waals surface area contributed by atoms with Gasteiger partial charge in [0.2, 0.25) is 0 Å². The highest BCUT2D eigenvalue weighted by molar-refractivity contribution is 6.35. The molecule has 1 aliphatic heterocycles. The van der Waals surface area contributed by atoms with Gasteiger partial charge in [0.25, 0.3) is 11.8 Å². The van der Waals surface area contributed by atoms with Crippen molar-refractivity contribution in [2.24, 2.45) is 0 Å². The van der Waals surface area contributed by atoms with Crippen LogP contribution in [0.4, 0.5) is 5.69 Å². The molecule has 0 spiro atoms. The zero-order valence-electron chi connectivity index (χ0n) is 13.8. The smallest absolute Gasteiger partial charge is 0.282 e. The highest BCUT2D eigenvalue weighted by atomic mass is 35.5. The number of hydrogen-bond acceptors (Lipinski definition) is 3. The Balaban J connectivity index is 1.91. The fraction of sp³-hybridized carbons (Fsp3) is 0.500. The summed E-state index contributed by atoms with van der Waals surface area (Å²) in [6.07, 6.45) is 0. The molecule has 2 N–H and O–H groups in total. The number of carbonyl (C=O) groups is 2. The first-order valence-electron chi connectivity index (χ1n) is 7.82. The minimum Gasteiger partial charge on any atom is -0.378 e. The Morgan fingerprint density at radius 1 is 1.33 bits per heavy atom. The Bertz CT molecular complexity index is 606. The van der Waals surface area contributed by atoms with Gasteiger partial charge in [-0.25, -0.2) is 0 Å². The van der Waals surface area contributed by atoms with E-state index in [0.29, 0.717) is 42.0 Å². The van der Waals surface area contributed by atoms with Crippen LogP contribution in [0, 0.1) is 0 Å². The zero-order chi connectivity index (χ0) is 17.7. The molecule has 2 atom stereocenters. The average Bonchev–Trinajstić information content (AvgIpc) is 2.58. The summed E-state index contributed by atoms with van der Waals surface area (Å²) in [5.74, 6) is -0.192. The third kappa shape index (κ3) is 5.08. The van der Waals surface area contributed by atoms with Gasteiger partial charge in [-0.2, -0.15) is 0 Å². The monoisotopic (exact) mass is 374 g/mol. The number of rotatable bonds is 5. The summed E-state index contributed by atoms with van der Waals surface area (Å²) in [6.45, 7) is 4.35. The lowest BCUT2D eigenvalue weighted by Crippen LogP contribution is -3.15. The van der Waals surface area contributed by atoms with E-state index in [-0.39, 0.29) is 18.4 Å². The van der Waals surface area contributed by atoms with E-state index in [0.717, 1.165) is 4.90 Å². The summed E-state index contributed by atoms with van der Waals surface area (Å²) in [6, 6.07) is 4.47. The van der Waals surface area contributed by atoms with Crippen molar-refractivity contribution in [2.45, 2.75) is 13.0 Å². The Morgan fingerprint density at radius 2 is 2.00 bits per heavy atom. The van der Waals surface area contributed by atoms with E-state index < -0.39 is 6.04 Å². The van der Waals surface area contributed by atoms with E-state index in [1.54, 1.807) is 30.0 Å². The van der Waals surface area contributed by atoms with Crippen molar-refractivity contribution in [3.8, 4) is 0 Å². The van der Waals surface area contributed by atoms with Crippen molar-refractivity contribution in [2.75, 3.05) is 45.2 Å². The van der Waals surface area contributed by atoms with Gasteiger partial charge in [-0.05, 0) is 25.1 Å². The number of benzene rings is 1. The van der Waals surface area contributed by atoms with Crippen LogP contribution in [0.5, 0.6) is 0 Å². The first kappa shape index (κ1) is 19.0. The normalized spacial score (nSPS) is 17.2. The maximum Gasteiger partial charge on any atom is 0.282 e. The molecule has 1 aromatic carbocycles. The Morgan fingerprint density at radius 3 is 2.67 bits per heavy atom. The lowest BCUT2D eigenvalue weighted by atomic mass is 10.2. The molecule has 1 heterocycles. The molecule has 24 heavy (non-hydrogen) atoms. The summed E-state index contributed by atoms with van der Waals surface area (Å²) >= 11 is 12.0. The number of morpholine rings is 1. The number of hydrogen-bond donors (Lipinski definition) is 2. The number of anilines is 1. The summed E-state index contributed by atoms with van der Waals surface area (Å²) < 4.78 is 5.24. The van der Waals surface area contributed by atoms with Crippen molar-refractivity contribution >= 4 is 40.7 Å². The molecule has 1 unspecified atom stereocenters. The molecule has 1 saturated heterocycles. The molecule has 2 rings (SSSR count). The zero-order valence-corrected chi connectivity index (χ0v) is 15.3. The van der Waals surface area contributed by atoms with Crippen LogP contribution < -0.4 is 10.2 Å². The number of nitrogens with zero attached hydrogens (tertiary/aromatic N) is 1. The fourth-order valence-electron chi connectivity index (χ4n) is 2.37. The van der Waals surface area contributed by atoms with Crippen molar-refractivity contribution in [1.82, 2.24) is 4.90 Å². The molecule has 0 aromatic heterocycles. The molecule has 0 aliphatic carbocycles. The van der Waals surface area contributed by atoms with E-state index in [1.165, 1.54) is 0 Å². The van der Waals surface area contributed by atoms with Gasteiger partial charge in [-0.3, -0.25) is 9.59 Å². The number of likely N-dealkylation sites (N-methyl/N-ethyl adjacent to an activating group) is 1. The minimum absolute atomic E-state index is 0.0243. The summed E-state index contributed by atoms with van der Waals surface area (Å²) in [5, 5.41) is 3.67. The molecule has 1 aromatic rings. The van der Waals surface area contributed by atoms with Crippen molar-refractivity contribution in [3.63, 3.8) is 0 Å². The summed E-state index contributed by atoms with van der Waals surface area (Å²) in [7, 11) is 1.82. The second kappa shape index (κ2) is 8.67. The lowest BCUT2D eigenvalue weighted by Gasteiger charge is -2.28. The molecule has 1 fully saturated rings. The van der Waals surface area contributed by atoms with E-state index >= 15 is 0 Å². The van der Waals surface area contributed by atoms with Crippen molar-refractivity contribution < 1.29 is 19.2 Å². The van der Waals surface area contributed by atoms with Gasteiger partial charge in [0, 0.05) is 18.1 Å². The van der Waals surface area contributed by atoms with Gasteiger partial charge in [0.1, 0.15) is 0 Å². The Hall–Kier alpha value is -1.34. The highest BCUT2D eigenvalue weighted by Crippen LogP contribution is 2.25. The van der Waals surface area contributed by atoms with Crippen molar-refractivity contribution in [1.29, 1.82) is 0 Å². The van der Waals surface area contributed by atoms with E-state index in [9.17, 15) is 9.59 Å². The molecule has 6 nitrogen and oxygen atoms in total. The predicted octanol–water partition coefficient (Wildman–Crippen LogP) is 0.694. The minimum atomic E-state index is -0.412. The van der Waals surface area contributed by atoms with Crippen LogP contribution in [0.2, 0.25) is 10.0 Å². The van der Waals surface area contributed by atoms with Gasteiger partial charge < -0.3 is 19.9 Å². The predicted molar refractivity (Wildman–Crippen MR) is 93.7 cm³/mol. The van der Waals surface area contributed by atoms with Crippen LogP contribution in [0.25, 0.3) is 0 Å². The number of ether oxygens (including phenoxy) is 1. The van der Waals surface area contributed by atoms with Crippen LogP contribution in [0.3, 0.4) is 0 Å². The Labute approximate surface area is 151 Å². The quantitative estimate of drug-likeness (QED) is 0.796. The van der Waals surface area contributed by atoms with Crippen LogP contribution in [-0.4, -0.2) is 62.7 Å². The van der Waals surface area contributed by atoms with Crippen LogP contribution in [0.1, 0.15) is 6.92 Å². The molecule has 0 bridgehead atoms. The number of amides is 2. The maximum absolute atomic E-state index is 12.4. The number of halogens is 2. The number of carbonyl (C=O) groups excluding carboxylic acids is 2. The Kier molecular flexibility index (Phi) is 6.86. The third-order valence-electron chi connectivity index (χ3n) is 4.11. The number of quaternary nitrogens is 1. The largest absolute Gasteiger partial charge is 0.378 e. The first-order chi connectivity index (χ1) is 11.4. The van der Waals surface area contributed by atoms with Gasteiger partial charge in [-0.15, -0.1) is 0 Å². The number of nitrogens with one attached hydrogen (secondary N) is 2. The third-order valence-corrected chi connectivity index (χ3v) is 4.68. The lowest BCUT2D eigenvalue weighted by molar-refractivity contribution is -0.886. The molecular weight excluding hydrogens is 353 g/mol. The molecule has 1 aliphatic rings. The van der Waals surface area contributed by atoms with Gasteiger partial charge in [0.15, 0.2) is 12.6 Å². The van der Waals surface area contributed by atoms with Gasteiger partial charge >= 0.3 is 0 Å². The molecule has 8 heteroatoms. The molecule has 0 radical (unpaired) electrons. The standard InChI is InChI=1S/C16H21Cl2N3O3/c1-11(16(23)19-14-9-12(17)3-4-13(14)18)20(2)10-15(22)21-5-7-24-8-6-21/h3-4,9,11H,5-8,10H2,1-2H3,(H,19,23)/p+1/t11-/m0/s1. The van der Waals surface area contributed by atoms with Gasteiger partial charge in [-0.1, -0.05) is 23.2 Å². The SMILES string of the molecule is C[C@@H](C(=O)Nc1cc(Cl)ccc1Cl)[NH+](C)CC(=O)N1CCOCC1. The van der Waals surface area contributed by atoms with E-state index in [1.807, 2.05) is 7.05 Å². The molecular formula is C16H22Cl2N3O3+. The van der Waals surface area contributed by atoms with Crippen LogP contribution in [0.15, 0.2) is 18.2 Å². The van der Waals surface area contributed by atoms with E-state index in [2.05, 4.69) is 5.32 Å². The second-order valence-electron chi connectivity index (χ2n) is 5.85. The van der Waals surface area contributed by atoms with E-state index in [4.69, 9.17) is 27.9 Å². The molecule has 0 saturated carbocycles. The molecule has 132 valence electrons. The van der Waals surface area contributed by atoms with Crippen molar-refractivity contribution in [3.05, 3.63) is 28.2 Å². The van der Waals surface area contributed by atoms with Crippen LogP contribution >= 0.6 is 23.2 Å². The topological polar surface area (TPSA) is 63.1 Å².